The van der Waals surface area contributed by atoms with Crippen molar-refractivity contribution in [2.75, 3.05) is 5.32 Å². The van der Waals surface area contributed by atoms with E-state index in [0.29, 0.717) is 11.3 Å². The van der Waals surface area contributed by atoms with Gasteiger partial charge in [-0.25, -0.2) is 0 Å². The van der Waals surface area contributed by atoms with E-state index in [4.69, 9.17) is 4.74 Å². The van der Waals surface area contributed by atoms with Crippen LogP contribution in [-0.4, -0.2) is 26.8 Å². The zero-order valence-electron chi connectivity index (χ0n) is 17.3. The van der Waals surface area contributed by atoms with Crippen molar-refractivity contribution in [1.82, 2.24) is 14.8 Å². The largest absolute Gasteiger partial charge is 0.491 e. The van der Waals surface area contributed by atoms with E-state index in [1.54, 1.807) is 30.5 Å². The first-order valence-electron chi connectivity index (χ1n) is 10.0. The number of para-hydroxylation sites is 1. The highest BCUT2D eigenvalue weighted by molar-refractivity contribution is 6.10. The molecule has 0 bridgehead atoms. The zero-order chi connectivity index (χ0) is 21.1. The molecule has 0 saturated carbocycles. The molecule has 0 fully saturated rings. The van der Waals surface area contributed by atoms with Crippen LogP contribution in [0.4, 0.5) is 5.69 Å². The second-order valence-electron chi connectivity index (χ2n) is 7.29. The number of carbonyl (C=O) groups is 1. The topological polar surface area (TPSA) is 69.0 Å². The van der Waals surface area contributed by atoms with Crippen LogP contribution < -0.4 is 10.1 Å². The Morgan fingerprint density at radius 3 is 2.63 bits per heavy atom. The maximum Gasteiger partial charge on any atom is 0.255 e. The normalized spacial score (nSPS) is 11.1. The number of ether oxygens (including phenoxy) is 1. The highest BCUT2D eigenvalue weighted by atomic mass is 16.5. The number of fused-ring (bicyclic) bond motifs is 1. The molecule has 30 heavy (non-hydrogen) atoms. The van der Waals surface area contributed by atoms with Gasteiger partial charge >= 0.3 is 0 Å². The number of aromatic nitrogens is 3. The summed E-state index contributed by atoms with van der Waals surface area (Å²) in [7, 11) is 0. The second-order valence-corrected chi connectivity index (χ2v) is 7.29. The van der Waals surface area contributed by atoms with Gasteiger partial charge in [0, 0.05) is 35.5 Å². The summed E-state index contributed by atoms with van der Waals surface area (Å²) in [5.41, 5.74) is 4.03. The van der Waals surface area contributed by atoms with Gasteiger partial charge in [0.25, 0.3) is 5.91 Å². The molecule has 0 aliphatic rings. The molecule has 1 N–H and O–H groups in total. The monoisotopic (exact) mass is 400 g/mol. The summed E-state index contributed by atoms with van der Waals surface area (Å²) in [6, 6.07) is 14.9. The number of carbonyl (C=O) groups excluding carboxylic acids is 1. The van der Waals surface area contributed by atoms with Crippen molar-refractivity contribution in [3.05, 3.63) is 72.7 Å². The summed E-state index contributed by atoms with van der Waals surface area (Å²) in [4.78, 5) is 17.3. The maximum atomic E-state index is 12.8. The van der Waals surface area contributed by atoms with Gasteiger partial charge in [0.2, 0.25) is 0 Å². The molecule has 4 aromatic rings. The minimum absolute atomic E-state index is 0.0880. The van der Waals surface area contributed by atoms with Crippen molar-refractivity contribution >= 4 is 22.5 Å². The van der Waals surface area contributed by atoms with Crippen LogP contribution >= 0.6 is 0 Å². The van der Waals surface area contributed by atoms with Crippen molar-refractivity contribution in [2.24, 2.45) is 0 Å². The Balaban J connectivity index is 1.63. The van der Waals surface area contributed by atoms with E-state index in [9.17, 15) is 4.79 Å². The average Bonchev–Trinajstić information content (AvgIpc) is 3.23. The van der Waals surface area contributed by atoms with Crippen LogP contribution in [0, 0.1) is 0 Å². The SMILES string of the molecule is CCn1cc(-c2ccnc3c(NC(=O)c4ccc(OC(C)C)cc4)cccc23)cn1. The van der Waals surface area contributed by atoms with Crippen LogP contribution in [0.5, 0.6) is 5.75 Å². The third kappa shape index (κ3) is 4.03. The van der Waals surface area contributed by atoms with Gasteiger partial charge in [-0.3, -0.25) is 14.5 Å². The summed E-state index contributed by atoms with van der Waals surface area (Å²) in [5, 5.41) is 8.33. The van der Waals surface area contributed by atoms with Crippen LogP contribution in [0.25, 0.3) is 22.0 Å². The predicted molar refractivity (Wildman–Crippen MR) is 119 cm³/mol. The summed E-state index contributed by atoms with van der Waals surface area (Å²) in [5.74, 6) is 0.551. The summed E-state index contributed by atoms with van der Waals surface area (Å²) >= 11 is 0. The van der Waals surface area contributed by atoms with Crippen molar-refractivity contribution in [3.63, 3.8) is 0 Å². The molecule has 0 unspecified atom stereocenters. The van der Waals surface area contributed by atoms with Crippen LogP contribution in [0.15, 0.2) is 67.1 Å². The smallest absolute Gasteiger partial charge is 0.255 e. The van der Waals surface area contributed by atoms with E-state index in [1.165, 1.54) is 0 Å². The first-order chi connectivity index (χ1) is 14.5. The summed E-state index contributed by atoms with van der Waals surface area (Å²) in [6.45, 7) is 6.80. The number of anilines is 1. The maximum absolute atomic E-state index is 12.8. The van der Waals surface area contributed by atoms with Gasteiger partial charge < -0.3 is 10.1 Å². The Labute approximate surface area is 175 Å². The average molecular weight is 400 g/mol. The molecule has 152 valence electrons. The van der Waals surface area contributed by atoms with Crippen molar-refractivity contribution in [2.45, 2.75) is 33.4 Å². The number of aryl methyl sites for hydroxylation is 1. The molecule has 4 rings (SSSR count). The summed E-state index contributed by atoms with van der Waals surface area (Å²) < 4.78 is 7.53. The number of nitrogens with one attached hydrogen (secondary N) is 1. The Morgan fingerprint density at radius 2 is 1.93 bits per heavy atom. The molecule has 0 spiro atoms. The first kappa shape index (κ1) is 19.6. The standard InChI is InChI=1S/C24H24N4O2/c1-4-28-15-18(14-26-28)20-12-13-25-23-21(20)6-5-7-22(23)27-24(29)17-8-10-19(11-9-17)30-16(2)3/h5-16H,4H2,1-3H3,(H,27,29). The number of pyridine rings is 1. The van der Waals surface area contributed by atoms with Crippen molar-refractivity contribution < 1.29 is 9.53 Å². The van der Waals surface area contributed by atoms with Gasteiger partial charge in [0.05, 0.1) is 23.5 Å². The lowest BCUT2D eigenvalue weighted by molar-refractivity contribution is 0.102. The minimum atomic E-state index is -0.190. The van der Waals surface area contributed by atoms with Crippen molar-refractivity contribution in [3.8, 4) is 16.9 Å². The lowest BCUT2D eigenvalue weighted by Gasteiger charge is -2.12. The van der Waals surface area contributed by atoms with E-state index in [1.807, 2.05) is 55.2 Å². The van der Waals surface area contributed by atoms with Crippen LogP contribution in [0.3, 0.4) is 0 Å². The van der Waals surface area contributed by atoms with Gasteiger partial charge in [0.1, 0.15) is 5.75 Å². The van der Waals surface area contributed by atoms with E-state index < -0.39 is 0 Å². The molecular formula is C24H24N4O2. The Bertz CT molecular complexity index is 1180. The first-order valence-corrected chi connectivity index (χ1v) is 10.0. The number of hydrogen-bond donors (Lipinski definition) is 1. The fourth-order valence-electron chi connectivity index (χ4n) is 3.36. The fraction of sp³-hybridized carbons (Fsp3) is 0.208. The fourth-order valence-corrected chi connectivity index (χ4v) is 3.36. The Kier molecular flexibility index (Phi) is 5.48. The highest BCUT2D eigenvalue weighted by Crippen LogP contribution is 2.31. The van der Waals surface area contributed by atoms with Gasteiger partial charge in [-0.1, -0.05) is 12.1 Å². The molecule has 6 heteroatoms. The highest BCUT2D eigenvalue weighted by Gasteiger charge is 2.13. The van der Waals surface area contributed by atoms with Crippen molar-refractivity contribution in [1.29, 1.82) is 0 Å². The minimum Gasteiger partial charge on any atom is -0.491 e. The molecule has 0 atom stereocenters. The van der Waals surface area contributed by atoms with E-state index in [-0.39, 0.29) is 12.0 Å². The van der Waals surface area contributed by atoms with Gasteiger partial charge in [-0.2, -0.15) is 5.10 Å². The second kappa shape index (κ2) is 8.37. The van der Waals surface area contributed by atoms with E-state index in [2.05, 4.69) is 22.3 Å². The Hall–Kier alpha value is -3.67. The molecule has 0 saturated heterocycles. The molecule has 2 aromatic carbocycles. The number of hydrogen-bond acceptors (Lipinski definition) is 4. The molecule has 0 aliphatic heterocycles. The number of rotatable bonds is 6. The molecule has 2 heterocycles. The van der Waals surface area contributed by atoms with Gasteiger partial charge in [-0.15, -0.1) is 0 Å². The van der Waals surface area contributed by atoms with Gasteiger partial charge in [-0.05, 0) is 62.7 Å². The van der Waals surface area contributed by atoms with E-state index in [0.717, 1.165) is 34.3 Å². The molecule has 6 nitrogen and oxygen atoms in total. The molecule has 0 aliphatic carbocycles. The van der Waals surface area contributed by atoms with Gasteiger partial charge in [0.15, 0.2) is 0 Å². The Morgan fingerprint density at radius 1 is 1.13 bits per heavy atom. The van der Waals surface area contributed by atoms with Crippen LogP contribution in [0.2, 0.25) is 0 Å². The molecule has 2 aromatic heterocycles. The molecular weight excluding hydrogens is 376 g/mol. The zero-order valence-corrected chi connectivity index (χ0v) is 17.3. The molecule has 0 radical (unpaired) electrons. The molecule has 1 amide bonds. The number of benzene rings is 2. The number of nitrogens with zero attached hydrogens (tertiary/aromatic N) is 3. The summed E-state index contributed by atoms with van der Waals surface area (Å²) in [6.07, 6.45) is 5.71. The third-order valence-corrected chi connectivity index (χ3v) is 4.78. The predicted octanol–water partition coefficient (Wildman–Crippen LogP) is 5.16. The lowest BCUT2D eigenvalue weighted by Crippen LogP contribution is -2.12. The van der Waals surface area contributed by atoms with Crippen LogP contribution in [0.1, 0.15) is 31.1 Å². The quantitative estimate of drug-likeness (QED) is 0.485. The van der Waals surface area contributed by atoms with E-state index >= 15 is 0 Å². The third-order valence-electron chi connectivity index (χ3n) is 4.78. The number of amides is 1. The lowest BCUT2D eigenvalue weighted by atomic mass is 10.0. The van der Waals surface area contributed by atoms with Crippen LogP contribution in [-0.2, 0) is 6.54 Å².